The lowest BCUT2D eigenvalue weighted by Gasteiger charge is -2.05. The quantitative estimate of drug-likeness (QED) is 0.190. The zero-order valence-corrected chi connectivity index (χ0v) is 18.1. The third kappa shape index (κ3) is 10.1. The summed E-state index contributed by atoms with van der Waals surface area (Å²) >= 11 is 0. The first kappa shape index (κ1) is 22.7. The van der Waals surface area contributed by atoms with Gasteiger partial charge in [0.1, 0.15) is 0 Å². The van der Waals surface area contributed by atoms with Crippen molar-refractivity contribution in [2.75, 3.05) is 0 Å². The van der Waals surface area contributed by atoms with Crippen LogP contribution in [0.25, 0.3) is 10.8 Å². The first-order valence-corrected chi connectivity index (χ1v) is 12.0. The summed E-state index contributed by atoms with van der Waals surface area (Å²) in [6, 6.07) is 15.6. The van der Waals surface area contributed by atoms with E-state index in [2.05, 4.69) is 49.0 Å². The molecule has 0 heterocycles. The summed E-state index contributed by atoms with van der Waals surface area (Å²) in [4.78, 5) is 0. The monoisotopic (exact) mass is 378 g/mol. The number of rotatable bonds is 17. The van der Waals surface area contributed by atoms with Crippen molar-refractivity contribution in [3.05, 3.63) is 60.7 Å². The molecule has 154 valence electrons. The van der Waals surface area contributed by atoms with Crippen LogP contribution >= 0.6 is 0 Å². The predicted molar refractivity (Wildman–Crippen MR) is 127 cm³/mol. The maximum Gasteiger partial charge on any atom is -0.0181 e. The Morgan fingerprint density at radius 2 is 1.04 bits per heavy atom. The molecule has 0 aliphatic carbocycles. The maximum atomic E-state index is 3.79. The van der Waals surface area contributed by atoms with Gasteiger partial charge in [-0.1, -0.05) is 126 Å². The van der Waals surface area contributed by atoms with Crippen molar-refractivity contribution in [3.63, 3.8) is 0 Å². The summed E-state index contributed by atoms with van der Waals surface area (Å²) < 4.78 is 0. The molecule has 0 N–H and O–H groups in total. The highest BCUT2D eigenvalue weighted by Gasteiger charge is 1.98. The maximum absolute atomic E-state index is 3.79. The second-order valence-corrected chi connectivity index (χ2v) is 8.46. The fraction of sp³-hybridized carbons (Fsp3) is 0.571. The standard InChI is InChI=1S/C28H42/c1-2-3-4-5-6-7-8-9-10-11-12-13-14-15-16-17-20-26-23-24-27-21-18-19-22-28(27)25-26/h2,18-19,21-25H,1,3-17,20H2. The number of allylic oxidation sites excluding steroid dienone is 1. The molecular formula is C28H42. The van der Waals surface area contributed by atoms with Crippen LogP contribution in [0.5, 0.6) is 0 Å². The SMILES string of the molecule is C=CCCCCCCCCCCCCCCCCc1ccc2ccccc2c1. The van der Waals surface area contributed by atoms with E-state index >= 15 is 0 Å². The van der Waals surface area contributed by atoms with Crippen LogP contribution in [0, 0.1) is 0 Å². The highest BCUT2D eigenvalue weighted by Crippen LogP contribution is 2.18. The Hall–Kier alpha value is -1.56. The van der Waals surface area contributed by atoms with Gasteiger partial charge in [-0.3, -0.25) is 0 Å². The van der Waals surface area contributed by atoms with Crippen LogP contribution in [-0.4, -0.2) is 0 Å². The van der Waals surface area contributed by atoms with Crippen LogP contribution in [0.4, 0.5) is 0 Å². The fourth-order valence-electron chi connectivity index (χ4n) is 4.13. The first-order valence-electron chi connectivity index (χ1n) is 12.0. The van der Waals surface area contributed by atoms with E-state index in [0.29, 0.717) is 0 Å². The Kier molecular flexibility index (Phi) is 12.5. The first-order chi connectivity index (χ1) is 13.9. The molecule has 0 unspecified atom stereocenters. The molecule has 28 heavy (non-hydrogen) atoms. The van der Waals surface area contributed by atoms with Crippen LogP contribution < -0.4 is 0 Å². The van der Waals surface area contributed by atoms with Gasteiger partial charge >= 0.3 is 0 Å². The molecule has 2 aromatic carbocycles. The van der Waals surface area contributed by atoms with Crippen molar-refractivity contribution in [1.82, 2.24) is 0 Å². The number of benzene rings is 2. The Labute approximate surface area is 174 Å². The van der Waals surface area contributed by atoms with Crippen molar-refractivity contribution in [2.24, 2.45) is 0 Å². The van der Waals surface area contributed by atoms with Gasteiger partial charge in [0, 0.05) is 0 Å². The number of fused-ring (bicyclic) bond motifs is 1. The molecule has 0 bridgehead atoms. The van der Waals surface area contributed by atoms with E-state index < -0.39 is 0 Å². The third-order valence-electron chi connectivity index (χ3n) is 5.94. The lowest BCUT2D eigenvalue weighted by atomic mass is 10.0. The Balaban J connectivity index is 1.35. The predicted octanol–water partition coefficient (Wildman–Crippen LogP) is 9.42. The highest BCUT2D eigenvalue weighted by molar-refractivity contribution is 5.82. The molecule has 0 amide bonds. The molecule has 0 aliphatic rings. The van der Waals surface area contributed by atoms with Crippen molar-refractivity contribution in [2.45, 2.75) is 103 Å². The smallest absolute Gasteiger partial charge is 0.0181 e. The summed E-state index contributed by atoms with van der Waals surface area (Å²) in [5, 5.41) is 2.74. The van der Waals surface area contributed by atoms with Crippen molar-refractivity contribution in [1.29, 1.82) is 0 Å². The minimum Gasteiger partial charge on any atom is -0.103 e. The van der Waals surface area contributed by atoms with Crippen LogP contribution in [0.1, 0.15) is 102 Å². The largest absolute Gasteiger partial charge is 0.103 e. The summed E-state index contributed by atoms with van der Waals surface area (Å²) in [7, 11) is 0. The van der Waals surface area contributed by atoms with E-state index in [0.717, 1.165) is 0 Å². The molecular weight excluding hydrogens is 336 g/mol. The zero-order chi connectivity index (χ0) is 19.7. The highest BCUT2D eigenvalue weighted by atomic mass is 14.0. The van der Waals surface area contributed by atoms with E-state index in [1.807, 2.05) is 6.08 Å². The minimum absolute atomic E-state index is 1.20. The van der Waals surface area contributed by atoms with Gasteiger partial charge in [-0.25, -0.2) is 0 Å². The molecule has 0 atom stereocenters. The van der Waals surface area contributed by atoms with E-state index in [9.17, 15) is 0 Å². The summed E-state index contributed by atoms with van der Waals surface area (Å²) in [6.07, 6.45) is 24.3. The average Bonchev–Trinajstić information content (AvgIpc) is 2.73. The summed E-state index contributed by atoms with van der Waals surface area (Å²) in [5.74, 6) is 0. The van der Waals surface area contributed by atoms with Gasteiger partial charge < -0.3 is 0 Å². The fourth-order valence-corrected chi connectivity index (χ4v) is 4.13. The Morgan fingerprint density at radius 3 is 1.61 bits per heavy atom. The summed E-state index contributed by atoms with van der Waals surface area (Å²) in [5.41, 5.74) is 1.50. The van der Waals surface area contributed by atoms with E-state index in [1.165, 1.54) is 119 Å². The Bertz CT molecular complexity index is 639. The number of hydrogen-bond donors (Lipinski definition) is 0. The molecule has 0 spiro atoms. The van der Waals surface area contributed by atoms with E-state index in [4.69, 9.17) is 0 Å². The van der Waals surface area contributed by atoms with Crippen LogP contribution in [0.3, 0.4) is 0 Å². The van der Waals surface area contributed by atoms with Gasteiger partial charge in [0.2, 0.25) is 0 Å². The van der Waals surface area contributed by atoms with Gasteiger partial charge in [0.05, 0.1) is 0 Å². The summed E-state index contributed by atoms with van der Waals surface area (Å²) in [6.45, 7) is 3.79. The molecule has 2 aromatic rings. The van der Waals surface area contributed by atoms with Crippen LogP contribution in [0.15, 0.2) is 55.1 Å². The topological polar surface area (TPSA) is 0 Å². The second-order valence-electron chi connectivity index (χ2n) is 8.46. The number of unbranched alkanes of at least 4 members (excludes halogenated alkanes) is 14. The lowest BCUT2D eigenvalue weighted by molar-refractivity contribution is 0.534. The molecule has 0 heteroatoms. The lowest BCUT2D eigenvalue weighted by Crippen LogP contribution is -1.87. The molecule has 0 saturated heterocycles. The van der Waals surface area contributed by atoms with Gasteiger partial charge in [-0.05, 0) is 42.0 Å². The van der Waals surface area contributed by atoms with Crippen molar-refractivity contribution >= 4 is 10.8 Å². The van der Waals surface area contributed by atoms with E-state index in [1.54, 1.807) is 0 Å². The molecule has 0 nitrogen and oxygen atoms in total. The zero-order valence-electron chi connectivity index (χ0n) is 18.1. The van der Waals surface area contributed by atoms with Crippen LogP contribution in [-0.2, 0) is 6.42 Å². The molecule has 0 aromatic heterocycles. The second kappa shape index (κ2) is 15.4. The molecule has 0 saturated carbocycles. The molecule has 0 aliphatic heterocycles. The van der Waals surface area contributed by atoms with Crippen molar-refractivity contribution < 1.29 is 0 Å². The van der Waals surface area contributed by atoms with Gasteiger partial charge in [-0.15, -0.1) is 6.58 Å². The Morgan fingerprint density at radius 1 is 0.536 bits per heavy atom. The number of hydrogen-bond acceptors (Lipinski definition) is 0. The van der Waals surface area contributed by atoms with Gasteiger partial charge in [-0.2, -0.15) is 0 Å². The normalized spacial score (nSPS) is 11.1. The average molecular weight is 379 g/mol. The minimum atomic E-state index is 1.20. The van der Waals surface area contributed by atoms with E-state index in [-0.39, 0.29) is 0 Å². The molecule has 0 fully saturated rings. The number of aryl methyl sites for hydroxylation is 1. The third-order valence-corrected chi connectivity index (χ3v) is 5.94. The van der Waals surface area contributed by atoms with Gasteiger partial charge in [0.15, 0.2) is 0 Å². The van der Waals surface area contributed by atoms with Gasteiger partial charge in [0.25, 0.3) is 0 Å². The molecule has 0 radical (unpaired) electrons. The molecule has 2 rings (SSSR count). The van der Waals surface area contributed by atoms with Crippen molar-refractivity contribution in [3.8, 4) is 0 Å². The van der Waals surface area contributed by atoms with Crippen LogP contribution in [0.2, 0.25) is 0 Å².